The lowest BCUT2D eigenvalue weighted by molar-refractivity contribution is -0.132. The molecule has 8 nitrogen and oxygen atoms in total. The summed E-state index contributed by atoms with van der Waals surface area (Å²) in [5.41, 5.74) is 9.04. The van der Waals surface area contributed by atoms with Crippen LogP contribution in [0.25, 0.3) is 0 Å². The van der Waals surface area contributed by atoms with Gasteiger partial charge in [-0.15, -0.1) is 0 Å². The summed E-state index contributed by atoms with van der Waals surface area (Å²) >= 11 is 6.37. The number of hydrogen-bond donors (Lipinski definition) is 4. The minimum atomic E-state index is -0.877. The number of amides is 3. The third-order valence-electron chi connectivity index (χ3n) is 6.37. The van der Waals surface area contributed by atoms with E-state index in [0.29, 0.717) is 18.2 Å². The number of halogens is 1. The molecule has 0 saturated heterocycles. The van der Waals surface area contributed by atoms with Crippen LogP contribution in [0.5, 0.6) is 5.75 Å². The molecule has 3 rings (SSSR count). The van der Waals surface area contributed by atoms with Gasteiger partial charge >= 0.3 is 0 Å². The van der Waals surface area contributed by atoms with Crippen molar-refractivity contribution in [3.63, 3.8) is 0 Å². The van der Waals surface area contributed by atoms with Gasteiger partial charge < -0.3 is 26.4 Å². The highest BCUT2D eigenvalue weighted by Gasteiger charge is 2.27. The number of carbonyl (C=O) groups is 3. The highest BCUT2D eigenvalue weighted by Crippen LogP contribution is 2.18. The fourth-order valence-electron chi connectivity index (χ4n) is 4.13. The van der Waals surface area contributed by atoms with Crippen molar-refractivity contribution in [2.24, 2.45) is 5.73 Å². The standard InChI is InChI=1S/C31H37ClN4O4/c1-3-29(37)35-28(18-22-11-14-25(15-12-22)40-4-2)31(39)36-27(17-21-8-6-5-7-9-21)30(38)34-20-24-13-10-23(19-33)16-26(24)32/h5-16,27-28H,3-4,17-20,33H2,1-2H3,(H,34,38)(H,35,37)(H,36,39)/t27-,28+/m0/s1. The first-order valence-electron chi connectivity index (χ1n) is 13.4. The molecule has 3 aromatic carbocycles. The zero-order valence-electron chi connectivity index (χ0n) is 22.9. The van der Waals surface area contributed by atoms with Crippen LogP contribution >= 0.6 is 11.6 Å². The zero-order valence-corrected chi connectivity index (χ0v) is 23.7. The van der Waals surface area contributed by atoms with E-state index in [2.05, 4.69) is 16.0 Å². The van der Waals surface area contributed by atoms with Crippen LogP contribution in [0.4, 0.5) is 0 Å². The first-order valence-corrected chi connectivity index (χ1v) is 13.8. The Morgan fingerprint density at radius 1 is 0.825 bits per heavy atom. The maximum absolute atomic E-state index is 13.5. The second-order valence-electron chi connectivity index (χ2n) is 9.35. The topological polar surface area (TPSA) is 123 Å². The predicted octanol–water partition coefficient (Wildman–Crippen LogP) is 3.68. The third-order valence-corrected chi connectivity index (χ3v) is 6.72. The summed E-state index contributed by atoms with van der Waals surface area (Å²) < 4.78 is 5.50. The number of rotatable bonds is 14. The molecule has 212 valence electrons. The normalized spacial score (nSPS) is 12.2. The lowest BCUT2D eigenvalue weighted by Gasteiger charge is -2.24. The van der Waals surface area contributed by atoms with E-state index < -0.39 is 18.0 Å². The summed E-state index contributed by atoms with van der Waals surface area (Å²) in [6.45, 7) is 4.73. The Morgan fingerprint density at radius 2 is 1.45 bits per heavy atom. The van der Waals surface area contributed by atoms with Crippen molar-refractivity contribution in [1.29, 1.82) is 0 Å². The Balaban J connectivity index is 1.77. The van der Waals surface area contributed by atoms with E-state index in [4.69, 9.17) is 22.1 Å². The van der Waals surface area contributed by atoms with Gasteiger partial charge in [-0.25, -0.2) is 0 Å². The Morgan fingerprint density at radius 3 is 2.05 bits per heavy atom. The summed E-state index contributed by atoms with van der Waals surface area (Å²) in [6, 6.07) is 20.5. The zero-order chi connectivity index (χ0) is 28.9. The van der Waals surface area contributed by atoms with Crippen LogP contribution in [-0.4, -0.2) is 36.4 Å². The Labute approximate surface area is 240 Å². The van der Waals surface area contributed by atoms with Gasteiger partial charge in [0.2, 0.25) is 17.7 Å². The first-order chi connectivity index (χ1) is 19.3. The van der Waals surface area contributed by atoms with Gasteiger partial charge in [-0.1, -0.05) is 73.1 Å². The van der Waals surface area contributed by atoms with Crippen LogP contribution in [0.1, 0.15) is 42.5 Å². The molecule has 9 heteroatoms. The van der Waals surface area contributed by atoms with E-state index in [1.807, 2.05) is 73.7 Å². The van der Waals surface area contributed by atoms with E-state index in [1.54, 1.807) is 13.0 Å². The molecule has 0 aliphatic heterocycles. The minimum Gasteiger partial charge on any atom is -0.494 e. The number of nitrogens with two attached hydrogens (primary N) is 1. The van der Waals surface area contributed by atoms with Gasteiger partial charge in [0.15, 0.2) is 0 Å². The number of hydrogen-bond acceptors (Lipinski definition) is 5. The van der Waals surface area contributed by atoms with Crippen LogP contribution in [0.2, 0.25) is 5.02 Å². The van der Waals surface area contributed by atoms with Crippen LogP contribution < -0.4 is 26.4 Å². The highest BCUT2D eigenvalue weighted by atomic mass is 35.5. The molecule has 0 bridgehead atoms. The number of ether oxygens (including phenoxy) is 1. The molecule has 3 aromatic rings. The largest absolute Gasteiger partial charge is 0.494 e. The summed E-state index contributed by atoms with van der Waals surface area (Å²) in [5, 5.41) is 9.07. The van der Waals surface area contributed by atoms with Crippen LogP contribution in [0, 0.1) is 0 Å². The molecule has 2 atom stereocenters. The smallest absolute Gasteiger partial charge is 0.243 e. The maximum Gasteiger partial charge on any atom is 0.243 e. The van der Waals surface area contributed by atoms with Crippen molar-refractivity contribution in [3.05, 3.63) is 100 Å². The van der Waals surface area contributed by atoms with Gasteiger partial charge in [0.25, 0.3) is 0 Å². The van der Waals surface area contributed by atoms with Crippen molar-refractivity contribution in [2.75, 3.05) is 6.61 Å². The molecule has 5 N–H and O–H groups in total. The fourth-order valence-corrected chi connectivity index (χ4v) is 4.40. The molecule has 0 spiro atoms. The van der Waals surface area contributed by atoms with Crippen LogP contribution in [0.15, 0.2) is 72.8 Å². The molecule has 40 heavy (non-hydrogen) atoms. The van der Waals surface area contributed by atoms with Gasteiger partial charge in [-0.3, -0.25) is 14.4 Å². The molecule has 3 amide bonds. The predicted molar refractivity (Wildman–Crippen MR) is 157 cm³/mol. The lowest BCUT2D eigenvalue weighted by Crippen LogP contribution is -2.55. The molecule has 0 heterocycles. The van der Waals surface area contributed by atoms with Gasteiger partial charge in [0.1, 0.15) is 17.8 Å². The molecule has 0 aliphatic rings. The van der Waals surface area contributed by atoms with E-state index in [9.17, 15) is 14.4 Å². The highest BCUT2D eigenvalue weighted by molar-refractivity contribution is 6.31. The van der Waals surface area contributed by atoms with Crippen molar-refractivity contribution in [2.45, 2.75) is 58.3 Å². The first kappa shape index (κ1) is 30.7. The third kappa shape index (κ3) is 9.39. The van der Waals surface area contributed by atoms with Crippen LogP contribution in [0.3, 0.4) is 0 Å². The molecule has 0 radical (unpaired) electrons. The maximum atomic E-state index is 13.5. The average molecular weight is 565 g/mol. The SMILES string of the molecule is CCOc1ccc(C[C@@H](NC(=O)CC)C(=O)N[C@@H](Cc2ccccc2)C(=O)NCc2ccc(CN)cc2Cl)cc1. The Bertz CT molecular complexity index is 1270. The summed E-state index contributed by atoms with van der Waals surface area (Å²) in [4.78, 5) is 39.2. The van der Waals surface area contributed by atoms with Gasteiger partial charge in [-0.05, 0) is 47.4 Å². The van der Waals surface area contributed by atoms with Crippen molar-refractivity contribution in [1.82, 2.24) is 16.0 Å². The molecule has 0 aromatic heterocycles. The van der Waals surface area contributed by atoms with Gasteiger partial charge in [-0.2, -0.15) is 0 Å². The number of carbonyl (C=O) groups excluding carboxylic acids is 3. The monoisotopic (exact) mass is 564 g/mol. The number of benzene rings is 3. The number of nitrogens with one attached hydrogen (secondary N) is 3. The van der Waals surface area contributed by atoms with E-state index in [0.717, 1.165) is 28.0 Å². The van der Waals surface area contributed by atoms with E-state index >= 15 is 0 Å². The van der Waals surface area contributed by atoms with E-state index in [-0.39, 0.29) is 37.6 Å². The van der Waals surface area contributed by atoms with Gasteiger partial charge in [0.05, 0.1) is 6.61 Å². The average Bonchev–Trinajstić information content (AvgIpc) is 2.97. The van der Waals surface area contributed by atoms with Gasteiger partial charge in [0, 0.05) is 37.4 Å². The summed E-state index contributed by atoms with van der Waals surface area (Å²) in [5.74, 6) is -0.345. The summed E-state index contributed by atoms with van der Waals surface area (Å²) in [7, 11) is 0. The Kier molecular flexibility index (Phi) is 12.0. The quantitative estimate of drug-likeness (QED) is 0.238. The second-order valence-corrected chi connectivity index (χ2v) is 9.76. The van der Waals surface area contributed by atoms with Crippen molar-refractivity contribution < 1.29 is 19.1 Å². The Hall–Kier alpha value is -3.88. The van der Waals surface area contributed by atoms with Crippen molar-refractivity contribution >= 4 is 29.3 Å². The van der Waals surface area contributed by atoms with Crippen LogP contribution in [-0.2, 0) is 40.3 Å². The second kappa shape index (κ2) is 15.6. The molecule has 0 aliphatic carbocycles. The fraction of sp³-hybridized carbons (Fsp3) is 0.323. The molecule has 0 fully saturated rings. The minimum absolute atomic E-state index is 0.186. The molecular weight excluding hydrogens is 528 g/mol. The molecular formula is C31H37ClN4O4. The molecule has 0 saturated carbocycles. The molecule has 0 unspecified atom stereocenters. The summed E-state index contributed by atoms with van der Waals surface area (Å²) in [6.07, 6.45) is 0.757. The lowest BCUT2D eigenvalue weighted by atomic mass is 10.0. The van der Waals surface area contributed by atoms with E-state index in [1.165, 1.54) is 0 Å². The van der Waals surface area contributed by atoms with Crippen molar-refractivity contribution in [3.8, 4) is 5.75 Å².